The van der Waals surface area contributed by atoms with Crippen molar-refractivity contribution in [3.8, 4) is 11.5 Å². The van der Waals surface area contributed by atoms with Gasteiger partial charge in [0.2, 0.25) is 0 Å². The van der Waals surface area contributed by atoms with Gasteiger partial charge in [-0.3, -0.25) is 4.79 Å². The Morgan fingerprint density at radius 2 is 1.92 bits per heavy atom. The Labute approximate surface area is 166 Å². The predicted octanol–water partition coefficient (Wildman–Crippen LogP) is 4.65. The zero-order valence-electron chi connectivity index (χ0n) is 14.8. The number of ether oxygens (including phenoxy) is 2. The lowest BCUT2D eigenvalue weighted by Crippen LogP contribution is -2.24. The zero-order valence-corrected chi connectivity index (χ0v) is 17.1. The first kappa shape index (κ1) is 20.3. The Morgan fingerprint density at radius 3 is 2.58 bits per heavy atom. The minimum absolute atomic E-state index is 0.144. The minimum atomic E-state index is -0.362. The van der Waals surface area contributed by atoms with E-state index in [0.29, 0.717) is 23.1 Å². The first-order valence-electron chi connectivity index (χ1n) is 8.04. The van der Waals surface area contributed by atoms with E-state index in [1.54, 1.807) is 12.1 Å². The highest BCUT2D eigenvalue weighted by Gasteiger charge is 2.06. The highest BCUT2D eigenvalue weighted by Crippen LogP contribution is 2.25. The summed E-state index contributed by atoms with van der Waals surface area (Å²) in [5, 5.41) is 4.66. The molecule has 2 aromatic rings. The molecule has 0 bridgehead atoms. The Balaban J connectivity index is 1.93. The monoisotopic (exact) mass is 438 g/mol. The van der Waals surface area contributed by atoms with Gasteiger partial charge >= 0.3 is 0 Å². The molecule has 2 rings (SSSR count). The van der Waals surface area contributed by atoms with Gasteiger partial charge in [0, 0.05) is 15.1 Å². The lowest BCUT2D eigenvalue weighted by Gasteiger charge is -2.09. The van der Waals surface area contributed by atoms with Gasteiger partial charge in [-0.2, -0.15) is 5.10 Å². The molecular weight excluding hydrogens is 420 g/mol. The lowest BCUT2D eigenvalue weighted by atomic mass is 10.1. The molecule has 0 radical (unpaired) electrons. The summed E-state index contributed by atoms with van der Waals surface area (Å²) in [7, 11) is 0. The molecule has 2 aromatic carbocycles. The van der Waals surface area contributed by atoms with Gasteiger partial charge < -0.3 is 9.47 Å². The highest BCUT2D eigenvalue weighted by atomic mass is 79.9. The molecule has 0 unspecified atom stereocenters. The summed E-state index contributed by atoms with van der Waals surface area (Å²) in [4.78, 5) is 11.9. The molecule has 7 heteroatoms. The maximum absolute atomic E-state index is 11.9. The average molecular weight is 440 g/mol. The second kappa shape index (κ2) is 9.59. The molecule has 0 saturated carbocycles. The topological polar surface area (TPSA) is 59.9 Å². The SMILES string of the molecule is CCOc1ccc(Br)cc1/C=N/NC(=O)COc1cc(C)c(Cl)c(C)c1. The molecule has 0 aliphatic heterocycles. The Bertz CT molecular complexity index is 801. The highest BCUT2D eigenvalue weighted by molar-refractivity contribution is 9.10. The van der Waals surface area contributed by atoms with Crippen LogP contribution in [0.1, 0.15) is 23.6 Å². The van der Waals surface area contributed by atoms with Crippen molar-refractivity contribution in [3.05, 3.63) is 56.5 Å². The fraction of sp³-hybridized carbons (Fsp3) is 0.263. The molecule has 5 nitrogen and oxygen atoms in total. The van der Waals surface area contributed by atoms with Crippen LogP contribution >= 0.6 is 27.5 Å². The number of nitrogens with zero attached hydrogens (tertiary/aromatic N) is 1. The van der Waals surface area contributed by atoms with E-state index in [-0.39, 0.29) is 12.5 Å². The number of rotatable bonds is 7. The smallest absolute Gasteiger partial charge is 0.277 e. The van der Waals surface area contributed by atoms with Crippen LogP contribution in [0.25, 0.3) is 0 Å². The van der Waals surface area contributed by atoms with Crippen LogP contribution in [0, 0.1) is 13.8 Å². The maximum atomic E-state index is 11.9. The summed E-state index contributed by atoms with van der Waals surface area (Å²) in [6, 6.07) is 9.16. The summed E-state index contributed by atoms with van der Waals surface area (Å²) in [5.41, 5.74) is 5.00. The maximum Gasteiger partial charge on any atom is 0.277 e. The number of carbonyl (C=O) groups excluding carboxylic acids is 1. The van der Waals surface area contributed by atoms with Gasteiger partial charge in [-0.25, -0.2) is 5.43 Å². The largest absolute Gasteiger partial charge is 0.493 e. The molecule has 0 fully saturated rings. The van der Waals surface area contributed by atoms with Crippen LogP contribution < -0.4 is 14.9 Å². The van der Waals surface area contributed by atoms with Gasteiger partial charge in [-0.05, 0) is 62.2 Å². The number of hydrazone groups is 1. The van der Waals surface area contributed by atoms with Crippen LogP contribution in [-0.2, 0) is 4.79 Å². The van der Waals surface area contributed by atoms with Crippen molar-refractivity contribution in [1.82, 2.24) is 5.43 Å². The number of nitrogens with one attached hydrogen (secondary N) is 1. The van der Waals surface area contributed by atoms with Gasteiger partial charge in [-0.1, -0.05) is 27.5 Å². The quantitative estimate of drug-likeness (QED) is 0.505. The van der Waals surface area contributed by atoms with E-state index in [9.17, 15) is 4.79 Å². The second-order valence-electron chi connectivity index (χ2n) is 5.57. The van der Waals surface area contributed by atoms with Crippen LogP contribution in [-0.4, -0.2) is 25.3 Å². The third-order valence-electron chi connectivity index (χ3n) is 3.44. The first-order chi connectivity index (χ1) is 12.4. The van der Waals surface area contributed by atoms with Crippen LogP contribution in [0.5, 0.6) is 11.5 Å². The average Bonchev–Trinajstić information content (AvgIpc) is 2.60. The van der Waals surface area contributed by atoms with Crippen LogP contribution in [0.4, 0.5) is 0 Å². The number of hydrogen-bond donors (Lipinski definition) is 1. The normalized spacial score (nSPS) is 10.8. The van der Waals surface area contributed by atoms with Gasteiger partial charge in [0.1, 0.15) is 11.5 Å². The number of aryl methyl sites for hydroxylation is 2. The van der Waals surface area contributed by atoms with E-state index in [1.807, 2.05) is 39.0 Å². The van der Waals surface area contributed by atoms with E-state index in [2.05, 4.69) is 26.5 Å². The number of benzene rings is 2. The zero-order chi connectivity index (χ0) is 19.1. The second-order valence-corrected chi connectivity index (χ2v) is 6.86. The number of halogens is 2. The van der Waals surface area contributed by atoms with Crippen molar-refractivity contribution in [2.24, 2.45) is 5.10 Å². The van der Waals surface area contributed by atoms with E-state index < -0.39 is 0 Å². The first-order valence-corrected chi connectivity index (χ1v) is 9.21. The molecule has 0 heterocycles. The van der Waals surface area contributed by atoms with Crippen molar-refractivity contribution in [1.29, 1.82) is 0 Å². The van der Waals surface area contributed by atoms with Gasteiger partial charge in [-0.15, -0.1) is 0 Å². The number of carbonyl (C=O) groups is 1. The summed E-state index contributed by atoms with van der Waals surface area (Å²) >= 11 is 9.52. The summed E-state index contributed by atoms with van der Waals surface area (Å²) < 4.78 is 11.9. The summed E-state index contributed by atoms with van der Waals surface area (Å²) in [6.07, 6.45) is 1.53. The molecule has 0 aromatic heterocycles. The third-order valence-corrected chi connectivity index (χ3v) is 4.53. The molecule has 0 saturated heterocycles. The summed E-state index contributed by atoms with van der Waals surface area (Å²) in [5.74, 6) is 0.922. The lowest BCUT2D eigenvalue weighted by molar-refractivity contribution is -0.123. The van der Waals surface area contributed by atoms with Crippen molar-refractivity contribution in [2.45, 2.75) is 20.8 Å². The van der Waals surface area contributed by atoms with Crippen molar-refractivity contribution in [2.75, 3.05) is 13.2 Å². The summed E-state index contributed by atoms with van der Waals surface area (Å²) in [6.45, 7) is 6.08. The molecule has 0 spiro atoms. The van der Waals surface area contributed by atoms with Crippen LogP contribution in [0.3, 0.4) is 0 Å². The standard InChI is InChI=1S/C19H20BrClN2O3/c1-4-25-17-6-5-15(20)9-14(17)10-22-23-18(24)11-26-16-7-12(2)19(21)13(3)8-16/h5-10H,4,11H2,1-3H3,(H,23,24)/b22-10+. The Kier molecular flexibility index (Phi) is 7.48. The number of hydrogen-bond acceptors (Lipinski definition) is 4. The predicted molar refractivity (Wildman–Crippen MR) is 107 cm³/mol. The third kappa shape index (κ3) is 5.75. The molecule has 0 aliphatic carbocycles. The van der Waals surface area contributed by atoms with E-state index in [4.69, 9.17) is 21.1 Å². The van der Waals surface area contributed by atoms with Crippen LogP contribution in [0.15, 0.2) is 39.9 Å². The fourth-order valence-electron chi connectivity index (χ4n) is 2.25. The molecule has 1 N–H and O–H groups in total. The van der Waals surface area contributed by atoms with E-state index in [1.165, 1.54) is 6.21 Å². The molecule has 26 heavy (non-hydrogen) atoms. The fourth-order valence-corrected chi connectivity index (χ4v) is 2.74. The van der Waals surface area contributed by atoms with Crippen molar-refractivity contribution < 1.29 is 14.3 Å². The van der Waals surface area contributed by atoms with Gasteiger partial charge in [0.25, 0.3) is 5.91 Å². The van der Waals surface area contributed by atoms with Crippen molar-refractivity contribution >= 4 is 39.7 Å². The van der Waals surface area contributed by atoms with Crippen molar-refractivity contribution in [3.63, 3.8) is 0 Å². The number of amides is 1. The molecule has 138 valence electrons. The molecular formula is C19H20BrClN2O3. The molecule has 0 aliphatic rings. The Morgan fingerprint density at radius 1 is 1.23 bits per heavy atom. The Hall–Kier alpha value is -2.05. The van der Waals surface area contributed by atoms with Gasteiger partial charge in [0.05, 0.1) is 12.8 Å². The van der Waals surface area contributed by atoms with E-state index in [0.717, 1.165) is 21.2 Å². The van der Waals surface area contributed by atoms with E-state index >= 15 is 0 Å². The van der Waals surface area contributed by atoms with Gasteiger partial charge in [0.15, 0.2) is 6.61 Å². The minimum Gasteiger partial charge on any atom is -0.493 e. The molecule has 0 atom stereocenters. The van der Waals surface area contributed by atoms with Crippen LogP contribution in [0.2, 0.25) is 5.02 Å². The molecule has 1 amide bonds.